The van der Waals surface area contributed by atoms with E-state index in [-0.39, 0.29) is 10.6 Å². The number of methoxy groups -OCH3 is 1. The molecule has 21 heavy (non-hydrogen) atoms. The highest BCUT2D eigenvalue weighted by Crippen LogP contribution is 2.28. The number of aliphatic hydroxyl groups is 3. The molecule has 0 unspecified atom stereocenters. The normalized spacial score (nSPS) is 12.5. The molecule has 8 heteroatoms. The van der Waals surface area contributed by atoms with E-state index in [4.69, 9.17) is 4.74 Å². The molecule has 0 saturated heterocycles. The molecule has 0 aromatic heterocycles. The van der Waals surface area contributed by atoms with Gasteiger partial charge in [0.25, 0.3) is 0 Å². The Balaban J connectivity index is 3.34. The highest BCUT2D eigenvalue weighted by Gasteiger charge is 2.35. The quantitative estimate of drug-likeness (QED) is 0.528. The number of ether oxygens (including phenoxy) is 1. The molecular formula is C13H21NO6S. The van der Waals surface area contributed by atoms with Crippen LogP contribution in [0.15, 0.2) is 17.0 Å². The summed E-state index contributed by atoms with van der Waals surface area (Å²) in [6.45, 7) is 1.34. The summed E-state index contributed by atoms with van der Waals surface area (Å²) >= 11 is 0. The minimum atomic E-state index is -4.09. The first-order chi connectivity index (χ1) is 9.75. The smallest absolute Gasteiger partial charge is 0.245 e. The van der Waals surface area contributed by atoms with E-state index in [1.807, 2.05) is 6.92 Å². The van der Waals surface area contributed by atoms with Crippen molar-refractivity contribution in [1.29, 1.82) is 0 Å². The van der Waals surface area contributed by atoms with Crippen molar-refractivity contribution < 1.29 is 28.5 Å². The minimum Gasteiger partial charge on any atom is -0.495 e. The molecule has 0 atom stereocenters. The van der Waals surface area contributed by atoms with Crippen molar-refractivity contribution in [2.75, 3.05) is 26.9 Å². The topological polar surface area (TPSA) is 116 Å². The maximum Gasteiger partial charge on any atom is 0.245 e. The van der Waals surface area contributed by atoms with Crippen LogP contribution >= 0.6 is 0 Å². The Morgan fingerprint density at radius 1 is 1.10 bits per heavy atom. The molecule has 120 valence electrons. The predicted octanol–water partition coefficient (Wildman–Crippen LogP) is -0.694. The lowest BCUT2D eigenvalue weighted by Crippen LogP contribution is -2.56. The Morgan fingerprint density at radius 2 is 1.57 bits per heavy atom. The Morgan fingerprint density at radius 3 is 2.00 bits per heavy atom. The average Bonchev–Trinajstić information content (AvgIpc) is 2.47. The molecule has 1 aromatic rings. The zero-order valence-electron chi connectivity index (χ0n) is 12.3. The van der Waals surface area contributed by atoms with Gasteiger partial charge in [0.15, 0.2) is 0 Å². The van der Waals surface area contributed by atoms with Crippen LogP contribution in [0.5, 0.6) is 5.75 Å². The number of aliphatic hydroxyl groups excluding tert-OH is 3. The molecule has 0 aliphatic rings. The summed E-state index contributed by atoms with van der Waals surface area (Å²) in [5.41, 5.74) is -0.120. The van der Waals surface area contributed by atoms with E-state index in [9.17, 15) is 23.7 Å². The lowest BCUT2D eigenvalue weighted by molar-refractivity contribution is 0.0581. The first-order valence-electron chi connectivity index (χ1n) is 6.27. The molecule has 0 bridgehead atoms. The van der Waals surface area contributed by atoms with Gasteiger partial charge in [0.05, 0.1) is 26.9 Å². The van der Waals surface area contributed by atoms with Crippen LogP contribution in [0, 0.1) is 13.8 Å². The number of nitrogens with one attached hydrogen (secondary N) is 1. The van der Waals surface area contributed by atoms with Gasteiger partial charge in [-0.25, -0.2) is 8.42 Å². The number of rotatable bonds is 7. The zero-order valence-corrected chi connectivity index (χ0v) is 13.1. The van der Waals surface area contributed by atoms with E-state index in [0.29, 0.717) is 0 Å². The van der Waals surface area contributed by atoms with E-state index in [1.54, 1.807) is 13.0 Å². The van der Waals surface area contributed by atoms with Gasteiger partial charge in [0.2, 0.25) is 10.0 Å². The molecular weight excluding hydrogens is 298 g/mol. The molecule has 0 spiro atoms. The van der Waals surface area contributed by atoms with E-state index < -0.39 is 35.4 Å². The molecule has 0 radical (unpaired) electrons. The number of aryl methyl sites for hydroxylation is 2. The van der Waals surface area contributed by atoms with Crippen molar-refractivity contribution in [1.82, 2.24) is 4.72 Å². The van der Waals surface area contributed by atoms with Crippen LogP contribution in [0.2, 0.25) is 0 Å². The molecule has 0 amide bonds. The third-order valence-corrected chi connectivity index (χ3v) is 4.93. The third-order valence-electron chi connectivity index (χ3n) is 3.33. The van der Waals surface area contributed by atoms with Gasteiger partial charge in [0.1, 0.15) is 16.2 Å². The van der Waals surface area contributed by atoms with Crippen LogP contribution in [0.3, 0.4) is 0 Å². The molecule has 7 nitrogen and oxygen atoms in total. The summed E-state index contributed by atoms with van der Waals surface area (Å²) in [4.78, 5) is -0.118. The van der Waals surface area contributed by atoms with Gasteiger partial charge in [-0.2, -0.15) is 4.72 Å². The maximum absolute atomic E-state index is 12.4. The second-order valence-corrected chi connectivity index (χ2v) is 6.60. The summed E-state index contributed by atoms with van der Waals surface area (Å²) in [5, 5.41) is 27.7. The van der Waals surface area contributed by atoms with Crippen LogP contribution in [-0.4, -0.2) is 56.2 Å². The molecule has 1 aromatic carbocycles. The van der Waals surface area contributed by atoms with Crippen LogP contribution in [0.25, 0.3) is 0 Å². The SMILES string of the molecule is COc1cc(C)c(C)cc1S(=O)(=O)NC(CO)(CO)CO. The summed E-state index contributed by atoms with van der Waals surface area (Å²) < 4.78 is 32.1. The predicted molar refractivity (Wildman–Crippen MR) is 76.8 cm³/mol. The zero-order chi connectivity index (χ0) is 16.3. The molecule has 1 rings (SSSR count). The largest absolute Gasteiger partial charge is 0.495 e. The molecule has 0 aliphatic carbocycles. The van der Waals surface area contributed by atoms with E-state index in [1.165, 1.54) is 13.2 Å². The lowest BCUT2D eigenvalue weighted by Gasteiger charge is -2.28. The van der Waals surface area contributed by atoms with Gasteiger partial charge in [0, 0.05) is 0 Å². The fourth-order valence-corrected chi connectivity index (χ4v) is 3.33. The number of benzene rings is 1. The van der Waals surface area contributed by atoms with Gasteiger partial charge >= 0.3 is 0 Å². The number of hydrogen-bond donors (Lipinski definition) is 4. The molecule has 4 N–H and O–H groups in total. The average molecular weight is 319 g/mol. The summed E-state index contributed by atoms with van der Waals surface area (Å²) in [6.07, 6.45) is 0. The lowest BCUT2D eigenvalue weighted by atomic mass is 10.1. The molecule has 0 saturated carbocycles. The van der Waals surface area contributed by atoms with Gasteiger partial charge in [-0.1, -0.05) is 0 Å². The second-order valence-electron chi connectivity index (χ2n) is 4.95. The highest BCUT2D eigenvalue weighted by atomic mass is 32.2. The van der Waals surface area contributed by atoms with Crippen LogP contribution in [-0.2, 0) is 10.0 Å². The first kappa shape index (κ1) is 17.9. The Kier molecular flexibility index (Phi) is 5.71. The van der Waals surface area contributed by atoms with Crippen molar-refractivity contribution >= 4 is 10.0 Å². The second kappa shape index (κ2) is 6.71. The standard InChI is InChI=1S/C13H21NO6S/c1-9-4-11(20-3)12(5-10(9)2)21(18,19)14-13(6-15,7-16)8-17/h4-5,14-17H,6-8H2,1-3H3. The fourth-order valence-electron chi connectivity index (χ4n) is 1.72. The number of hydrogen-bond acceptors (Lipinski definition) is 6. The summed E-state index contributed by atoms with van der Waals surface area (Å²) in [5.74, 6) is 0.147. The van der Waals surface area contributed by atoms with Crippen LogP contribution < -0.4 is 9.46 Å². The van der Waals surface area contributed by atoms with Crippen LogP contribution in [0.1, 0.15) is 11.1 Å². The van der Waals surface area contributed by atoms with Gasteiger partial charge in [-0.15, -0.1) is 0 Å². The van der Waals surface area contributed by atoms with E-state index in [0.717, 1.165) is 11.1 Å². The molecule has 0 aliphatic heterocycles. The highest BCUT2D eigenvalue weighted by molar-refractivity contribution is 7.89. The van der Waals surface area contributed by atoms with Gasteiger partial charge < -0.3 is 20.1 Å². The van der Waals surface area contributed by atoms with Crippen molar-refractivity contribution in [2.45, 2.75) is 24.3 Å². The maximum atomic E-state index is 12.4. The molecule has 0 heterocycles. The first-order valence-corrected chi connectivity index (χ1v) is 7.75. The Labute approximate surface area is 124 Å². The van der Waals surface area contributed by atoms with Crippen molar-refractivity contribution in [3.63, 3.8) is 0 Å². The minimum absolute atomic E-state index is 0.118. The molecule has 0 fully saturated rings. The van der Waals surface area contributed by atoms with Crippen molar-refractivity contribution in [3.8, 4) is 5.75 Å². The van der Waals surface area contributed by atoms with Crippen molar-refractivity contribution in [3.05, 3.63) is 23.3 Å². The summed E-state index contributed by atoms with van der Waals surface area (Å²) in [7, 11) is -2.74. The number of sulfonamides is 1. The summed E-state index contributed by atoms with van der Waals surface area (Å²) in [6, 6.07) is 3.02. The van der Waals surface area contributed by atoms with E-state index >= 15 is 0 Å². The van der Waals surface area contributed by atoms with Crippen LogP contribution in [0.4, 0.5) is 0 Å². The van der Waals surface area contributed by atoms with Crippen molar-refractivity contribution in [2.24, 2.45) is 0 Å². The monoisotopic (exact) mass is 319 g/mol. The van der Waals surface area contributed by atoms with Gasteiger partial charge in [-0.05, 0) is 37.1 Å². The third kappa shape index (κ3) is 3.72. The Hall–Kier alpha value is -1.19. The fraction of sp³-hybridized carbons (Fsp3) is 0.538. The Bertz CT molecular complexity index is 587. The van der Waals surface area contributed by atoms with Gasteiger partial charge in [-0.3, -0.25) is 0 Å². The van der Waals surface area contributed by atoms with E-state index in [2.05, 4.69) is 4.72 Å².